The number of nitrogen functional groups attached to an aromatic ring is 1. The molecule has 0 atom stereocenters. The molecule has 1 saturated heterocycles. The molecule has 120 valence electrons. The SMILES string of the molecule is Cc1cccc(Nc2ccc(C(=O)N3CCOCC3)cc2)c1N. The largest absolute Gasteiger partial charge is 0.397 e. The van der Waals surface area contributed by atoms with E-state index in [9.17, 15) is 4.79 Å². The number of rotatable bonds is 3. The predicted octanol–water partition coefficient (Wildman–Crippen LogP) is 2.79. The van der Waals surface area contributed by atoms with Crippen LogP contribution in [0, 0.1) is 6.92 Å². The normalized spacial score (nSPS) is 14.6. The van der Waals surface area contributed by atoms with Gasteiger partial charge in [0.05, 0.1) is 24.6 Å². The molecule has 5 heteroatoms. The van der Waals surface area contributed by atoms with E-state index in [2.05, 4.69) is 5.32 Å². The summed E-state index contributed by atoms with van der Waals surface area (Å²) >= 11 is 0. The second kappa shape index (κ2) is 6.71. The number of amides is 1. The Morgan fingerprint density at radius 1 is 1.13 bits per heavy atom. The standard InChI is InChI=1S/C18H21N3O2/c1-13-3-2-4-16(17(13)19)20-15-7-5-14(6-8-15)18(22)21-9-11-23-12-10-21/h2-8,20H,9-12,19H2,1H3. The fourth-order valence-corrected chi connectivity index (χ4v) is 2.59. The van der Waals surface area contributed by atoms with Gasteiger partial charge >= 0.3 is 0 Å². The minimum absolute atomic E-state index is 0.0509. The average Bonchev–Trinajstić information content (AvgIpc) is 2.60. The zero-order valence-electron chi connectivity index (χ0n) is 13.2. The van der Waals surface area contributed by atoms with Crippen LogP contribution in [0.2, 0.25) is 0 Å². The van der Waals surface area contributed by atoms with Gasteiger partial charge < -0.3 is 20.7 Å². The number of morpholine rings is 1. The molecule has 0 bridgehead atoms. The van der Waals surface area contributed by atoms with E-state index in [0.717, 1.165) is 22.6 Å². The highest BCUT2D eigenvalue weighted by Crippen LogP contribution is 2.26. The van der Waals surface area contributed by atoms with E-state index >= 15 is 0 Å². The van der Waals surface area contributed by atoms with E-state index in [1.165, 1.54) is 0 Å². The highest BCUT2D eigenvalue weighted by atomic mass is 16.5. The number of nitrogens with one attached hydrogen (secondary N) is 1. The topological polar surface area (TPSA) is 67.6 Å². The summed E-state index contributed by atoms with van der Waals surface area (Å²) in [5.41, 5.74) is 10.3. The number of anilines is 3. The molecule has 1 aliphatic rings. The highest BCUT2D eigenvalue weighted by molar-refractivity contribution is 5.94. The Bertz CT molecular complexity index is 692. The van der Waals surface area contributed by atoms with Crippen molar-refractivity contribution < 1.29 is 9.53 Å². The van der Waals surface area contributed by atoms with Crippen molar-refractivity contribution in [2.45, 2.75) is 6.92 Å². The van der Waals surface area contributed by atoms with Gasteiger partial charge in [-0.2, -0.15) is 0 Å². The molecular weight excluding hydrogens is 290 g/mol. The van der Waals surface area contributed by atoms with Crippen molar-refractivity contribution in [1.29, 1.82) is 0 Å². The number of aryl methyl sites for hydroxylation is 1. The van der Waals surface area contributed by atoms with Crippen LogP contribution in [-0.2, 0) is 4.74 Å². The van der Waals surface area contributed by atoms with Crippen LogP contribution in [-0.4, -0.2) is 37.1 Å². The third-order valence-corrected chi connectivity index (χ3v) is 4.03. The molecular formula is C18H21N3O2. The monoisotopic (exact) mass is 311 g/mol. The first-order valence-electron chi connectivity index (χ1n) is 7.74. The number of benzene rings is 2. The van der Waals surface area contributed by atoms with Gasteiger partial charge in [0.25, 0.3) is 5.91 Å². The first-order chi connectivity index (χ1) is 11.1. The Morgan fingerprint density at radius 3 is 2.52 bits per heavy atom. The molecule has 2 aromatic rings. The third kappa shape index (κ3) is 3.46. The Balaban J connectivity index is 1.71. The van der Waals surface area contributed by atoms with Gasteiger partial charge in [0.15, 0.2) is 0 Å². The van der Waals surface area contributed by atoms with Crippen molar-refractivity contribution in [3.8, 4) is 0 Å². The lowest BCUT2D eigenvalue weighted by atomic mass is 10.1. The predicted molar refractivity (Wildman–Crippen MR) is 92.0 cm³/mol. The van der Waals surface area contributed by atoms with E-state index in [4.69, 9.17) is 10.5 Å². The summed E-state index contributed by atoms with van der Waals surface area (Å²) in [4.78, 5) is 14.2. The van der Waals surface area contributed by atoms with E-state index in [0.29, 0.717) is 31.9 Å². The van der Waals surface area contributed by atoms with Gasteiger partial charge in [-0.1, -0.05) is 12.1 Å². The number of para-hydroxylation sites is 1. The van der Waals surface area contributed by atoms with Crippen LogP contribution < -0.4 is 11.1 Å². The lowest BCUT2D eigenvalue weighted by molar-refractivity contribution is 0.0303. The summed E-state index contributed by atoms with van der Waals surface area (Å²) in [7, 11) is 0. The molecule has 5 nitrogen and oxygen atoms in total. The molecule has 1 aliphatic heterocycles. The number of hydrogen-bond donors (Lipinski definition) is 2. The summed E-state index contributed by atoms with van der Waals surface area (Å²) in [5, 5.41) is 3.29. The van der Waals surface area contributed by atoms with Crippen molar-refractivity contribution in [3.63, 3.8) is 0 Å². The van der Waals surface area contributed by atoms with E-state index in [1.54, 1.807) is 0 Å². The second-order valence-electron chi connectivity index (χ2n) is 5.64. The van der Waals surface area contributed by atoms with Gasteiger partial charge in [0.2, 0.25) is 0 Å². The number of nitrogens with zero attached hydrogens (tertiary/aromatic N) is 1. The molecule has 0 aromatic heterocycles. The molecule has 0 saturated carbocycles. The fraction of sp³-hybridized carbons (Fsp3) is 0.278. The number of hydrogen-bond acceptors (Lipinski definition) is 4. The Labute approximate surface area is 136 Å². The van der Waals surface area contributed by atoms with Crippen LogP contribution in [0.25, 0.3) is 0 Å². The summed E-state index contributed by atoms with van der Waals surface area (Å²) in [5.74, 6) is 0.0509. The van der Waals surface area contributed by atoms with Crippen molar-refractivity contribution >= 4 is 23.0 Å². The first-order valence-corrected chi connectivity index (χ1v) is 7.74. The minimum atomic E-state index is 0.0509. The zero-order valence-corrected chi connectivity index (χ0v) is 13.2. The Hall–Kier alpha value is -2.53. The van der Waals surface area contributed by atoms with Crippen LogP contribution in [0.3, 0.4) is 0 Å². The maximum absolute atomic E-state index is 12.4. The van der Waals surface area contributed by atoms with Crippen LogP contribution >= 0.6 is 0 Å². The van der Waals surface area contributed by atoms with Crippen LogP contribution in [0.1, 0.15) is 15.9 Å². The van der Waals surface area contributed by atoms with Crippen LogP contribution in [0.4, 0.5) is 17.1 Å². The Kier molecular flexibility index (Phi) is 4.48. The molecule has 0 radical (unpaired) electrons. The zero-order chi connectivity index (χ0) is 16.2. The van der Waals surface area contributed by atoms with Crippen molar-refractivity contribution in [2.75, 3.05) is 37.4 Å². The number of carbonyl (C=O) groups is 1. The van der Waals surface area contributed by atoms with Crippen LogP contribution in [0.5, 0.6) is 0 Å². The summed E-state index contributed by atoms with van der Waals surface area (Å²) < 4.78 is 5.28. The first kappa shape index (κ1) is 15.4. The van der Waals surface area contributed by atoms with Crippen LogP contribution in [0.15, 0.2) is 42.5 Å². The molecule has 3 N–H and O–H groups in total. The van der Waals surface area contributed by atoms with Crippen molar-refractivity contribution in [3.05, 3.63) is 53.6 Å². The lowest BCUT2D eigenvalue weighted by Crippen LogP contribution is -2.40. The summed E-state index contributed by atoms with van der Waals surface area (Å²) in [6.45, 7) is 4.50. The molecule has 1 fully saturated rings. The number of nitrogens with two attached hydrogens (primary N) is 1. The van der Waals surface area contributed by atoms with Crippen molar-refractivity contribution in [2.24, 2.45) is 0 Å². The minimum Gasteiger partial charge on any atom is -0.397 e. The Morgan fingerprint density at radius 2 is 1.83 bits per heavy atom. The van der Waals surface area contributed by atoms with Crippen molar-refractivity contribution in [1.82, 2.24) is 4.90 Å². The van der Waals surface area contributed by atoms with Gasteiger partial charge in [0.1, 0.15) is 0 Å². The quantitative estimate of drug-likeness (QED) is 0.855. The maximum Gasteiger partial charge on any atom is 0.254 e. The van der Waals surface area contributed by atoms with Gasteiger partial charge in [-0.25, -0.2) is 0 Å². The average molecular weight is 311 g/mol. The van der Waals surface area contributed by atoms with E-state index in [-0.39, 0.29) is 5.91 Å². The smallest absolute Gasteiger partial charge is 0.254 e. The molecule has 0 spiro atoms. The molecule has 1 amide bonds. The van der Waals surface area contributed by atoms with E-state index in [1.807, 2.05) is 54.3 Å². The van der Waals surface area contributed by atoms with Gasteiger partial charge in [-0.05, 0) is 42.8 Å². The molecule has 23 heavy (non-hydrogen) atoms. The molecule has 3 rings (SSSR count). The number of carbonyl (C=O) groups excluding carboxylic acids is 1. The lowest BCUT2D eigenvalue weighted by Gasteiger charge is -2.26. The van der Waals surface area contributed by atoms with E-state index < -0.39 is 0 Å². The third-order valence-electron chi connectivity index (χ3n) is 4.03. The van der Waals surface area contributed by atoms with Gasteiger partial charge in [-0.3, -0.25) is 4.79 Å². The second-order valence-corrected chi connectivity index (χ2v) is 5.64. The number of ether oxygens (including phenoxy) is 1. The van der Waals surface area contributed by atoms with Gasteiger partial charge in [0, 0.05) is 24.3 Å². The molecule has 2 aromatic carbocycles. The fourth-order valence-electron chi connectivity index (χ4n) is 2.59. The summed E-state index contributed by atoms with van der Waals surface area (Å²) in [6.07, 6.45) is 0. The molecule has 0 unspecified atom stereocenters. The molecule has 0 aliphatic carbocycles. The summed E-state index contributed by atoms with van der Waals surface area (Å²) in [6, 6.07) is 13.4. The maximum atomic E-state index is 12.4. The van der Waals surface area contributed by atoms with Gasteiger partial charge in [-0.15, -0.1) is 0 Å². The molecule has 1 heterocycles. The highest BCUT2D eigenvalue weighted by Gasteiger charge is 2.18.